The van der Waals surface area contributed by atoms with Crippen LogP contribution in [0.5, 0.6) is 0 Å². The van der Waals surface area contributed by atoms with Crippen molar-refractivity contribution in [1.82, 2.24) is 0 Å². The normalized spacial score (nSPS) is 32.6. The molecule has 8 atom stereocenters. The maximum absolute atomic E-state index is 12.4. The Kier molecular flexibility index (Phi) is 8.06. The highest BCUT2D eigenvalue weighted by atomic mass is 16.6. The van der Waals surface area contributed by atoms with Gasteiger partial charge in [-0.2, -0.15) is 0 Å². The third kappa shape index (κ3) is 6.43. The second-order valence-electron chi connectivity index (χ2n) is 8.23. The summed E-state index contributed by atoms with van der Waals surface area (Å²) in [6.45, 7) is 7.06. The third-order valence-electron chi connectivity index (χ3n) is 5.67. The maximum atomic E-state index is 12.4. The summed E-state index contributed by atoms with van der Waals surface area (Å²) in [5.74, 6) is -2.00. The summed E-state index contributed by atoms with van der Waals surface area (Å²) in [5, 5.41) is 18.6. The lowest BCUT2D eigenvalue weighted by atomic mass is 10.0. The SMILES string of the molecule is C[C@@H](O)C[C@@H]1CC[C@H]([C@@H](C)C(=O)O[C@@H](C)C[C@@H]2CC[C@H]([C@@H](C)C(=O)O)O2)O1. The van der Waals surface area contributed by atoms with Gasteiger partial charge in [-0.15, -0.1) is 0 Å². The fourth-order valence-corrected chi connectivity index (χ4v) is 3.96. The van der Waals surface area contributed by atoms with Crippen LogP contribution in [-0.2, 0) is 23.8 Å². The number of aliphatic hydroxyl groups is 1. The van der Waals surface area contributed by atoms with Gasteiger partial charge in [0.05, 0.1) is 42.4 Å². The summed E-state index contributed by atoms with van der Waals surface area (Å²) in [7, 11) is 0. The van der Waals surface area contributed by atoms with E-state index < -0.39 is 18.0 Å². The van der Waals surface area contributed by atoms with Crippen molar-refractivity contribution in [2.75, 3.05) is 0 Å². The molecule has 2 aliphatic rings. The number of carboxylic acids is 1. The van der Waals surface area contributed by atoms with E-state index in [0.717, 1.165) is 25.7 Å². The minimum absolute atomic E-state index is 0.00252. The average molecular weight is 386 g/mol. The molecule has 0 saturated carbocycles. The Morgan fingerprint density at radius 3 is 1.96 bits per heavy atom. The van der Waals surface area contributed by atoms with Gasteiger partial charge in [-0.3, -0.25) is 9.59 Å². The first-order valence-corrected chi connectivity index (χ1v) is 10.1. The van der Waals surface area contributed by atoms with Crippen LogP contribution in [0.25, 0.3) is 0 Å². The lowest BCUT2D eigenvalue weighted by molar-refractivity contribution is -0.159. The first kappa shape index (κ1) is 22.1. The van der Waals surface area contributed by atoms with Gasteiger partial charge in [-0.05, 0) is 59.8 Å². The van der Waals surface area contributed by atoms with Gasteiger partial charge in [0.2, 0.25) is 0 Å². The third-order valence-corrected chi connectivity index (χ3v) is 5.67. The van der Waals surface area contributed by atoms with E-state index in [1.807, 2.05) is 13.8 Å². The van der Waals surface area contributed by atoms with Crippen molar-refractivity contribution in [3.63, 3.8) is 0 Å². The van der Waals surface area contributed by atoms with Gasteiger partial charge in [0.1, 0.15) is 6.10 Å². The van der Waals surface area contributed by atoms with Crippen LogP contribution >= 0.6 is 0 Å². The minimum Gasteiger partial charge on any atom is -0.481 e. The number of hydrogen-bond donors (Lipinski definition) is 2. The summed E-state index contributed by atoms with van der Waals surface area (Å²) < 4.78 is 17.3. The Labute approximate surface area is 161 Å². The van der Waals surface area contributed by atoms with Crippen molar-refractivity contribution in [2.45, 2.75) is 103 Å². The number of aliphatic hydroxyl groups excluding tert-OH is 1. The van der Waals surface area contributed by atoms with E-state index in [1.54, 1.807) is 13.8 Å². The molecule has 0 aromatic heterocycles. The molecule has 2 rings (SSSR count). The number of esters is 1. The van der Waals surface area contributed by atoms with Gasteiger partial charge >= 0.3 is 11.9 Å². The molecule has 2 saturated heterocycles. The summed E-state index contributed by atoms with van der Waals surface area (Å²) in [4.78, 5) is 23.5. The van der Waals surface area contributed by atoms with Gasteiger partial charge in [-0.25, -0.2) is 0 Å². The first-order valence-electron chi connectivity index (χ1n) is 10.1. The lowest BCUT2D eigenvalue weighted by Gasteiger charge is -2.23. The molecule has 0 aromatic carbocycles. The monoisotopic (exact) mass is 386 g/mol. The van der Waals surface area contributed by atoms with Gasteiger partial charge in [0.25, 0.3) is 0 Å². The predicted octanol–water partition coefficient (Wildman–Crippen LogP) is 2.53. The van der Waals surface area contributed by atoms with Gasteiger partial charge in [-0.1, -0.05) is 0 Å². The van der Waals surface area contributed by atoms with Gasteiger partial charge in [0.15, 0.2) is 0 Å². The highest BCUT2D eigenvalue weighted by Gasteiger charge is 2.36. The molecular weight excluding hydrogens is 352 g/mol. The zero-order valence-electron chi connectivity index (χ0n) is 16.8. The van der Waals surface area contributed by atoms with Crippen molar-refractivity contribution in [3.05, 3.63) is 0 Å². The predicted molar refractivity (Wildman–Crippen MR) is 98.2 cm³/mol. The summed E-state index contributed by atoms with van der Waals surface area (Å²) in [5.41, 5.74) is 0. The largest absolute Gasteiger partial charge is 0.481 e. The molecular formula is C20H34O7. The quantitative estimate of drug-likeness (QED) is 0.587. The molecule has 2 N–H and O–H groups in total. The molecule has 7 nitrogen and oxygen atoms in total. The molecule has 2 heterocycles. The highest BCUT2D eigenvalue weighted by Crippen LogP contribution is 2.30. The molecule has 0 unspecified atom stereocenters. The smallest absolute Gasteiger partial charge is 0.311 e. The fraction of sp³-hybridized carbons (Fsp3) is 0.900. The maximum Gasteiger partial charge on any atom is 0.311 e. The van der Waals surface area contributed by atoms with E-state index in [1.165, 1.54) is 0 Å². The standard InChI is InChI=1S/C20H34O7/c1-11(21)9-15-5-8-18(26-15)14(4)20(24)25-12(2)10-16-6-7-17(27-16)13(3)19(22)23/h11-18,21H,5-10H2,1-4H3,(H,22,23)/t11-,12+,13-,14-,15+,16+,17-,18-/m1/s1. The second kappa shape index (κ2) is 9.85. The molecule has 2 aliphatic heterocycles. The van der Waals surface area contributed by atoms with Crippen LogP contribution in [0, 0.1) is 11.8 Å². The zero-order chi connectivity index (χ0) is 20.1. The molecule has 0 aromatic rings. The van der Waals surface area contributed by atoms with E-state index in [4.69, 9.17) is 19.3 Å². The van der Waals surface area contributed by atoms with Crippen molar-refractivity contribution >= 4 is 11.9 Å². The number of hydrogen-bond acceptors (Lipinski definition) is 6. The average Bonchev–Trinajstić information content (AvgIpc) is 3.22. The van der Waals surface area contributed by atoms with Gasteiger partial charge in [0, 0.05) is 6.42 Å². The molecule has 2 fully saturated rings. The highest BCUT2D eigenvalue weighted by molar-refractivity contribution is 5.73. The summed E-state index contributed by atoms with van der Waals surface area (Å²) in [6, 6.07) is 0. The van der Waals surface area contributed by atoms with E-state index in [0.29, 0.717) is 12.8 Å². The molecule has 0 bridgehead atoms. The Morgan fingerprint density at radius 1 is 0.926 bits per heavy atom. The Bertz CT molecular complexity index is 507. The molecule has 7 heteroatoms. The first-order chi connectivity index (χ1) is 12.7. The second-order valence-corrected chi connectivity index (χ2v) is 8.23. The van der Waals surface area contributed by atoms with Crippen molar-refractivity contribution in [2.24, 2.45) is 11.8 Å². The van der Waals surface area contributed by atoms with Crippen molar-refractivity contribution < 1.29 is 34.0 Å². The lowest BCUT2D eigenvalue weighted by Crippen LogP contribution is -2.32. The molecule has 0 aliphatic carbocycles. The topological polar surface area (TPSA) is 102 Å². The number of carbonyl (C=O) groups is 2. The number of rotatable bonds is 9. The zero-order valence-corrected chi connectivity index (χ0v) is 16.8. The van der Waals surface area contributed by atoms with Gasteiger partial charge < -0.3 is 24.4 Å². The van der Waals surface area contributed by atoms with Crippen LogP contribution in [0.15, 0.2) is 0 Å². The van der Waals surface area contributed by atoms with Crippen LogP contribution in [0.4, 0.5) is 0 Å². The molecule has 0 spiro atoms. The van der Waals surface area contributed by atoms with Crippen LogP contribution < -0.4 is 0 Å². The minimum atomic E-state index is -0.848. The Hall–Kier alpha value is -1.18. The van der Waals surface area contributed by atoms with Crippen molar-refractivity contribution in [1.29, 1.82) is 0 Å². The molecule has 156 valence electrons. The van der Waals surface area contributed by atoms with Crippen LogP contribution in [0.1, 0.15) is 66.2 Å². The molecule has 0 radical (unpaired) electrons. The Morgan fingerprint density at radius 2 is 1.44 bits per heavy atom. The van der Waals surface area contributed by atoms with Crippen molar-refractivity contribution in [3.8, 4) is 0 Å². The van der Waals surface area contributed by atoms with E-state index in [2.05, 4.69) is 0 Å². The summed E-state index contributed by atoms with van der Waals surface area (Å²) >= 11 is 0. The van der Waals surface area contributed by atoms with E-state index >= 15 is 0 Å². The van der Waals surface area contributed by atoms with Crippen LogP contribution in [0.2, 0.25) is 0 Å². The number of carboxylic acid groups (broad SMARTS) is 1. The number of aliphatic carboxylic acids is 1. The fourth-order valence-electron chi connectivity index (χ4n) is 3.96. The molecule has 27 heavy (non-hydrogen) atoms. The van der Waals surface area contributed by atoms with E-state index in [9.17, 15) is 14.7 Å². The van der Waals surface area contributed by atoms with E-state index in [-0.39, 0.29) is 42.4 Å². The van der Waals surface area contributed by atoms with Crippen LogP contribution in [0.3, 0.4) is 0 Å². The summed E-state index contributed by atoms with van der Waals surface area (Å²) in [6.07, 6.45) is 3.08. The Balaban J connectivity index is 1.73. The van der Waals surface area contributed by atoms with Crippen LogP contribution in [-0.4, -0.2) is 58.8 Å². The molecule has 0 amide bonds. The number of carbonyl (C=O) groups excluding carboxylic acids is 1. The number of ether oxygens (including phenoxy) is 3.